The molecule has 0 fully saturated rings. The van der Waals surface area contributed by atoms with E-state index in [1.807, 2.05) is 51.1 Å². The van der Waals surface area contributed by atoms with Gasteiger partial charge in [0.2, 0.25) is 5.91 Å². The summed E-state index contributed by atoms with van der Waals surface area (Å²) < 4.78 is 0. The van der Waals surface area contributed by atoms with E-state index in [1.165, 1.54) is 0 Å². The van der Waals surface area contributed by atoms with Gasteiger partial charge in [0.1, 0.15) is 0 Å². The molecule has 2 N–H and O–H groups in total. The van der Waals surface area contributed by atoms with E-state index in [9.17, 15) is 9.90 Å². The Bertz CT molecular complexity index is 364. The molecule has 3 nitrogen and oxygen atoms in total. The van der Waals surface area contributed by atoms with Crippen LogP contribution in [0.2, 0.25) is 0 Å². The Kier molecular flexibility index (Phi) is 4.70. The molecule has 3 heteroatoms. The van der Waals surface area contributed by atoms with Gasteiger partial charge in [-0.25, -0.2) is 0 Å². The summed E-state index contributed by atoms with van der Waals surface area (Å²) in [4.78, 5) is 11.9. The Balaban J connectivity index is 2.87. The van der Waals surface area contributed by atoms with Gasteiger partial charge in [0.05, 0.1) is 12.1 Å². The molecular formula is C14H21NO2. The van der Waals surface area contributed by atoms with Crippen LogP contribution in [-0.4, -0.2) is 17.6 Å². The first-order chi connectivity index (χ1) is 8.03. The number of carbonyl (C=O) groups is 1. The number of amides is 1. The fourth-order valence-corrected chi connectivity index (χ4v) is 1.59. The van der Waals surface area contributed by atoms with E-state index < -0.39 is 5.54 Å². The van der Waals surface area contributed by atoms with Crippen molar-refractivity contribution in [2.45, 2.75) is 32.7 Å². The molecule has 1 aromatic carbocycles. The maximum absolute atomic E-state index is 11.9. The van der Waals surface area contributed by atoms with E-state index in [0.29, 0.717) is 0 Å². The molecule has 94 valence electrons. The second kappa shape index (κ2) is 5.82. The third-order valence-electron chi connectivity index (χ3n) is 3.19. The largest absolute Gasteiger partial charge is 0.394 e. The van der Waals surface area contributed by atoms with Crippen molar-refractivity contribution in [3.05, 3.63) is 35.9 Å². The number of aliphatic hydroxyl groups is 1. The summed E-state index contributed by atoms with van der Waals surface area (Å²) in [6, 6.07) is 9.54. The van der Waals surface area contributed by atoms with Crippen LogP contribution in [0.25, 0.3) is 0 Å². The average Bonchev–Trinajstić information content (AvgIpc) is 2.38. The van der Waals surface area contributed by atoms with Gasteiger partial charge in [0, 0.05) is 5.92 Å². The zero-order valence-corrected chi connectivity index (χ0v) is 10.7. The van der Waals surface area contributed by atoms with Crippen molar-refractivity contribution in [2.24, 2.45) is 5.92 Å². The minimum atomic E-state index is -0.707. The zero-order chi connectivity index (χ0) is 12.9. The van der Waals surface area contributed by atoms with Gasteiger partial charge < -0.3 is 10.4 Å². The van der Waals surface area contributed by atoms with Gasteiger partial charge in [-0.05, 0) is 18.9 Å². The first-order valence-electron chi connectivity index (χ1n) is 6.02. The van der Waals surface area contributed by atoms with E-state index in [0.717, 1.165) is 12.0 Å². The lowest BCUT2D eigenvalue weighted by atomic mass is 9.92. The van der Waals surface area contributed by atoms with Gasteiger partial charge in [0.15, 0.2) is 0 Å². The summed E-state index contributed by atoms with van der Waals surface area (Å²) >= 11 is 0. The standard InChI is InChI=1S/C14H21NO2/c1-4-11(2)13(17)15-14(3,10-16)12-8-6-5-7-9-12/h5-9,11,16H,4,10H2,1-3H3,(H,15,17). The quantitative estimate of drug-likeness (QED) is 0.820. The zero-order valence-electron chi connectivity index (χ0n) is 10.7. The molecule has 0 bridgehead atoms. The number of carbonyl (C=O) groups excluding carboxylic acids is 1. The van der Waals surface area contributed by atoms with E-state index >= 15 is 0 Å². The maximum Gasteiger partial charge on any atom is 0.223 e. The molecule has 0 heterocycles. The highest BCUT2D eigenvalue weighted by atomic mass is 16.3. The first-order valence-corrected chi connectivity index (χ1v) is 6.02. The molecule has 17 heavy (non-hydrogen) atoms. The van der Waals surface area contributed by atoms with Crippen molar-refractivity contribution in [1.82, 2.24) is 5.32 Å². The lowest BCUT2D eigenvalue weighted by molar-refractivity contribution is -0.127. The lowest BCUT2D eigenvalue weighted by Crippen LogP contribution is -2.48. The van der Waals surface area contributed by atoms with Crippen molar-refractivity contribution in [2.75, 3.05) is 6.61 Å². The predicted octanol–water partition coefficient (Wildman–Crippen LogP) is 2.06. The first kappa shape index (κ1) is 13.7. The Morgan fingerprint density at radius 2 is 2.00 bits per heavy atom. The molecule has 1 rings (SSSR count). The van der Waals surface area contributed by atoms with Gasteiger partial charge in [-0.3, -0.25) is 4.79 Å². The minimum Gasteiger partial charge on any atom is -0.394 e. The molecule has 0 aliphatic carbocycles. The van der Waals surface area contributed by atoms with E-state index in [2.05, 4.69) is 5.32 Å². The number of hydrogen-bond donors (Lipinski definition) is 2. The fraction of sp³-hybridized carbons (Fsp3) is 0.500. The van der Waals surface area contributed by atoms with Crippen LogP contribution < -0.4 is 5.32 Å². The molecule has 0 aliphatic rings. The molecule has 0 saturated heterocycles. The minimum absolute atomic E-state index is 0.0205. The van der Waals surface area contributed by atoms with Gasteiger partial charge in [0.25, 0.3) is 0 Å². The van der Waals surface area contributed by atoms with Crippen LogP contribution >= 0.6 is 0 Å². The van der Waals surface area contributed by atoms with Crippen LogP contribution in [0.1, 0.15) is 32.8 Å². The van der Waals surface area contributed by atoms with E-state index in [4.69, 9.17) is 0 Å². The Morgan fingerprint density at radius 1 is 1.41 bits per heavy atom. The van der Waals surface area contributed by atoms with Crippen molar-refractivity contribution in [3.63, 3.8) is 0 Å². The Labute approximate surface area is 103 Å². The van der Waals surface area contributed by atoms with Crippen molar-refractivity contribution in [3.8, 4) is 0 Å². The predicted molar refractivity (Wildman–Crippen MR) is 68.5 cm³/mol. The third-order valence-corrected chi connectivity index (χ3v) is 3.19. The van der Waals surface area contributed by atoms with Crippen LogP contribution in [0.5, 0.6) is 0 Å². The molecule has 2 unspecified atom stereocenters. The summed E-state index contributed by atoms with van der Waals surface area (Å²) in [5.74, 6) is -0.0579. The van der Waals surface area contributed by atoms with Crippen LogP contribution in [0, 0.1) is 5.92 Å². The van der Waals surface area contributed by atoms with Crippen LogP contribution in [0.3, 0.4) is 0 Å². The van der Waals surface area contributed by atoms with Crippen LogP contribution in [0.4, 0.5) is 0 Å². The summed E-state index contributed by atoms with van der Waals surface area (Å²) in [6.45, 7) is 5.59. The monoisotopic (exact) mass is 235 g/mol. The Morgan fingerprint density at radius 3 is 2.47 bits per heavy atom. The molecule has 0 saturated carbocycles. The highest BCUT2D eigenvalue weighted by molar-refractivity contribution is 5.79. The molecule has 0 spiro atoms. The molecule has 0 aliphatic heterocycles. The summed E-state index contributed by atoms with van der Waals surface area (Å²) in [5, 5.41) is 12.4. The van der Waals surface area contributed by atoms with E-state index in [1.54, 1.807) is 0 Å². The average molecular weight is 235 g/mol. The van der Waals surface area contributed by atoms with E-state index in [-0.39, 0.29) is 18.4 Å². The van der Waals surface area contributed by atoms with Gasteiger partial charge in [-0.1, -0.05) is 44.2 Å². The summed E-state index contributed by atoms with van der Waals surface area (Å²) in [6.07, 6.45) is 0.794. The second-order valence-electron chi connectivity index (χ2n) is 4.65. The number of aliphatic hydroxyl groups excluding tert-OH is 1. The summed E-state index contributed by atoms with van der Waals surface area (Å²) in [7, 11) is 0. The van der Waals surface area contributed by atoms with Crippen molar-refractivity contribution < 1.29 is 9.90 Å². The van der Waals surface area contributed by atoms with Crippen molar-refractivity contribution >= 4 is 5.91 Å². The fourth-order valence-electron chi connectivity index (χ4n) is 1.59. The SMILES string of the molecule is CCC(C)C(=O)NC(C)(CO)c1ccccc1. The van der Waals surface area contributed by atoms with Gasteiger partial charge >= 0.3 is 0 Å². The number of benzene rings is 1. The molecule has 1 aromatic rings. The molecule has 0 aromatic heterocycles. The third kappa shape index (κ3) is 3.30. The normalized spacial score (nSPS) is 16.0. The number of nitrogens with one attached hydrogen (secondary N) is 1. The van der Waals surface area contributed by atoms with Crippen LogP contribution in [-0.2, 0) is 10.3 Å². The smallest absolute Gasteiger partial charge is 0.223 e. The number of rotatable bonds is 5. The van der Waals surface area contributed by atoms with Crippen molar-refractivity contribution in [1.29, 1.82) is 0 Å². The maximum atomic E-state index is 11.9. The molecular weight excluding hydrogens is 214 g/mol. The molecule has 1 amide bonds. The highest BCUT2D eigenvalue weighted by Gasteiger charge is 2.28. The van der Waals surface area contributed by atoms with Crippen LogP contribution in [0.15, 0.2) is 30.3 Å². The highest BCUT2D eigenvalue weighted by Crippen LogP contribution is 2.20. The van der Waals surface area contributed by atoms with Gasteiger partial charge in [-0.15, -0.1) is 0 Å². The molecule has 2 atom stereocenters. The van der Waals surface area contributed by atoms with Gasteiger partial charge in [-0.2, -0.15) is 0 Å². The Hall–Kier alpha value is -1.35. The molecule has 0 radical (unpaired) electrons. The lowest BCUT2D eigenvalue weighted by Gasteiger charge is -2.30. The number of hydrogen-bond acceptors (Lipinski definition) is 2. The summed E-state index contributed by atoms with van der Waals surface area (Å²) in [5.41, 5.74) is 0.209. The second-order valence-corrected chi connectivity index (χ2v) is 4.65. The topological polar surface area (TPSA) is 49.3 Å².